The summed E-state index contributed by atoms with van der Waals surface area (Å²) < 4.78 is 11.2. The van der Waals surface area contributed by atoms with Crippen molar-refractivity contribution in [2.45, 2.75) is 93.5 Å². The van der Waals surface area contributed by atoms with Crippen LogP contribution in [0.5, 0.6) is 23.0 Å². The standard InChI is InChI=1S/C18H27NO9.C15H23NO9/c1-18(2)27-11-4-3-9(7-12(11)28-18)5-6-19-17(26)16(25)15(24)14(23)13(22)10(21)8-20;17-6-10(20)11(21)12(22)13(23)14(24)15(25)16-4-3-7-1-2-8(18)9(19)5-7/h3-4,7,10,13-16,20-25H,5-6,8H2,1-2H3,(H,19,26);1-2,5,10-14,17-24H,3-4,6H2,(H,16,25). The Hall–Kier alpha value is -3.90. The summed E-state index contributed by atoms with van der Waals surface area (Å²) in [7, 11) is 0. The van der Waals surface area contributed by atoms with Crippen LogP contribution in [0.1, 0.15) is 25.0 Å². The number of rotatable bonds is 18. The number of benzene rings is 2. The minimum atomic E-state index is -2.09. The highest BCUT2D eigenvalue weighted by atomic mass is 16.7. The summed E-state index contributed by atoms with van der Waals surface area (Å²) in [6, 6.07) is 9.42. The summed E-state index contributed by atoms with van der Waals surface area (Å²) in [5.74, 6) is -2.13. The van der Waals surface area contributed by atoms with E-state index < -0.39 is 91.9 Å². The molecule has 1 aliphatic heterocycles. The Morgan fingerprint density at radius 2 is 1.00 bits per heavy atom. The van der Waals surface area contributed by atoms with Gasteiger partial charge in [0.1, 0.15) is 48.8 Å². The average Bonchev–Trinajstić information content (AvgIpc) is 3.45. The maximum absolute atomic E-state index is 11.9. The first-order chi connectivity index (χ1) is 24.7. The number of nitrogens with one attached hydrogen (secondary N) is 2. The number of aliphatic hydroxyl groups is 12. The Bertz CT molecular complexity index is 1460. The first-order valence-corrected chi connectivity index (χ1v) is 16.3. The molecule has 2 aromatic rings. The van der Waals surface area contributed by atoms with Crippen molar-refractivity contribution in [1.82, 2.24) is 10.6 Å². The Morgan fingerprint density at radius 3 is 1.43 bits per heavy atom. The van der Waals surface area contributed by atoms with E-state index in [1.165, 1.54) is 18.2 Å². The van der Waals surface area contributed by atoms with E-state index in [9.17, 15) is 70.9 Å². The van der Waals surface area contributed by atoms with Gasteiger partial charge in [-0.15, -0.1) is 0 Å². The van der Waals surface area contributed by atoms with Crippen LogP contribution in [-0.4, -0.2) is 176 Å². The maximum atomic E-state index is 11.9. The minimum Gasteiger partial charge on any atom is -0.504 e. The number of aromatic hydroxyl groups is 2. The third-order valence-corrected chi connectivity index (χ3v) is 7.93. The third kappa shape index (κ3) is 13.2. The fourth-order valence-corrected chi connectivity index (χ4v) is 4.78. The highest BCUT2D eigenvalue weighted by Gasteiger charge is 2.38. The molecule has 0 saturated carbocycles. The van der Waals surface area contributed by atoms with Gasteiger partial charge in [-0.2, -0.15) is 0 Å². The Labute approximate surface area is 303 Å². The molecule has 0 saturated heterocycles. The zero-order valence-electron chi connectivity index (χ0n) is 28.9. The third-order valence-electron chi connectivity index (χ3n) is 7.93. The normalized spacial score (nSPS) is 18.8. The van der Waals surface area contributed by atoms with Crippen LogP contribution in [0.4, 0.5) is 0 Å². The van der Waals surface area contributed by atoms with E-state index >= 15 is 0 Å². The Morgan fingerprint density at radius 1 is 0.585 bits per heavy atom. The van der Waals surface area contributed by atoms with Crippen molar-refractivity contribution in [3.05, 3.63) is 47.5 Å². The van der Waals surface area contributed by atoms with Gasteiger partial charge in [0, 0.05) is 26.9 Å². The maximum Gasteiger partial charge on any atom is 0.251 e. The van der Waals surface area contributed by atoms with E-state index in [4.69, 9.17) is 19.7 Å². The molecule has 10 unspecified atom stereocenters. The number of fused-ring (bicyclic) bond motifs is 1. The number of hydrogen-bond donors (Lipinski definition) is 16. The first-order valence-electron chi connectivity index (χ1n) is 16.3. The molecule has 0 aliphatic carbocycles. The van der Waals surface area contributed by atoms with Crippen molar-refractivity contribution in [1.29, 1.82) is 0 Å². The lowest BCUT2D eigenvalue weighted by Gasteiger charge is -2.27. The lowest BCUT2D eigenvalue weighted by Crippen LogP contribution is -2.54. The van der Waals surface area contributed by atoms with Gasteiger partial charge < -0.3 is 91.6 Å². The van der Waals surface area contributed by atoms with Gasteiger partial charge in [-0.05, 0) is 48.2 Å². The second-order valence-electron chi connectivity index (χ2n) is 12.6. The second kappa shape index (κ2) is 20.5. The molecular weight excluding hydrogens is 712 g/mol. The molecule has 10 atom stereocenters. The summed E-state index contributed by atoms with van der Waals surface area (Å²) >= 11 is 0. The van der Waals surface area contributed by atoms with Crippen molar-refractivity contribution in [3.8, 4) is 23.0 Å². The van der Waals surface area contributed by atoms with Gasteiger partial charge in [0.25, 0.3) is 11.8 Å². The highest BCUT2D eigenvalue weighted by molar-refractivity contribution is 5.81. The van der Waals surface area contributed by atoms with Crippen LogP contribution in [0.25, 0.3) is 0 Å². The van der Waals surface area contributed by atoms with Gasteiger partial charge in [-0.25, -0.2) is 0 Å². The fraction of sp³-hybridized carbons (Fsp3) is 0.576. The molecule has 0 spiro atoms. The molecular formula is C33H50N2O18. The number of aliphatic hydroxyl groups excluding tert-OH is 12. The first kappa shape index (κ1) is 45.3. The number of carbonyl (C=O) groups excluding carboxylic acids is 2. The smallest absolute Gasteiger partial charge is 0.251 e. The average molecular weight is 763 g/mol. The summed E-state index contributed by atoms with van der Waals surface area (Å²) in [5.41, 5.74) is 1.43. The zero-order chi connectivity index (χ0) is 40.2. The zero-order valence-corrected chi connectivity index (χ0v) is 28.9. The molecule has 20 heteroatoms. The van der Waals surface area contributed by atoms with E-state index in [2.05, 4.69) is 10.6 Å². The Kier molecular flexibility index (Phi) is 17.5. The van der Waals surface area contributed by atoms with Gasteiger partial charge in [0.15, 0.2) is 35.2 Å². The molecule has 20 nitrogen and oxygen atoms in total. The van der Waals surface area contributed by atoms with E-state index in [1.54, 1.807) is 32.0 Å². The molecule has 2 amide bonds. The lowest BCUT2D eigenvalue weighted by atomic mass is 9.99. The van der Waals surface area contributed by atoms with E-state index in [0.717, 1.165) is 5.56 Å². The van der Waals surface area contributed by atoms with Crippen LogP contribution in [0.2, 0.25) is 0 Å². The summed E-state index contributed by atoms with van der Waals surface area (Å²) in [6.07, 6.45) is -19.1. The molecule has 53 heavy (non-hydrogen) atoms. The van der Waals surface area contributed by atoms with Crippen molar-refractivity contribution in [3.63, 3.8) is 0 Å². The van der Waals surface area contributed by atoms with Crippen LogP contribution < -0.4 is 20.1 Å². The van der Waals surface area contributed by atoms with Crippen molar-refractivity contribution < 1.29 is 90.6 Å². The molecule has 3 rings (SSSR count). The van der Waals surface area contributed by atoms with Gasteiger partial charge in [0.05, 0.1) is 13.2 Å². The summed E-state index contributed by atoms with van der Waals surface area (Å²) in [5, 5.41) is 136. The van der Waals surface area contributed by atoms with Crippen molar-refractivity contribution in [2.75, 3.05) is 26.3 Å². The predicted octanol–water partition coefficient (Wildman–Crippen LogP) is -5.80. The fourth-order valence-electron chi connectivity index (χ4n) is 4.78. The molecule has 0 bridgehead atoms. The van der Waals surface area contributed by atoms with Gasteiger partial charge in [-0.1, -0.05) is 12.1 Å². The number of ether oxygens (including phenoxy) is 2. The van der Waals surface area contributed by atoms with E-state index in [1.807, 2.05) is 0 Å². The number of carbonyl (C=O) groups is 2. The van der Waals surface area contributed by atoms with Crippen molar-refractivity contribution >= 4 is 11.8 Å². The van der Waals surface area contributed by atoms with Gasteiger partial charge >= 0.3 is 0 Å². The Balaban J connectivity index is 0.000000370. The molecule has 16 N–H and O–H groups in total. The number of phenolic OH excluding ortho intramolecular Hbond substituents is 2. The molecule has 300 valence electrons. The van der Waals surface area contributed by atoms with Crippen LogP contribution in [-0.2, 0) is 22.4 Å². The van der Waals surface area contributed by atoms with E-state index in [0.29, 0.717) is 23.5 Å². The largest absolute Gasteiger partial charge is 0.504 e. The van der Waals surface area contributed by atoms with Crippen LogP contribution >= 0.6 is 0 Å². The summed E-state index contributed by atoms with van der Waals surface area (Å²) in [4.78, 5) is 23.7. The molecule has 1 aliphatic rings. The number of amides is 2. The van der Waals surface area contributed by atoms with Crippen LogP contribution in [0.15, 0.2) is 36.4 Å². The van der Waals surface area contributed by atoms with Gasteiger partial charge in [-0.3, -0.25) is 9.59 Å². The van der Waals surface area contributed by atoms with Gasteiger partial charge in [0.2, 0.25) is 5.79 Å². The topological polar surface area (TPSA) is 360 Å². The van der Waals surface area contributed by atoms with E-state index in [-0.39, 0.29) is 31.0 Å². The van der Waals surface area contributed by atoms with Crippen molar-refractivity contribution in [2.24, 2.45) is 0 Å². The molecule has 1 heterocycles. The number of phenols is 2. The lowest BCUT2D eigenvalue weighted by molar-refractivity contribution is -0.157. The second-order valence-corrected chi connectivity index (χ2v) is 12.6. The SMILES string of the molecule is CC1(C)Oc2ccc(CCNC(=O)C(O)C(O)C(O)C(O)C(O)CO)cc2O1.O=C(NCCc1ccc(O)c(O)c1)C(O)C(O)C(O)C(O)C(O)CO. The summed E-state index contributed by atoms with van der Waals surface area (Å²) in [6.45, 7) is 1.97. The molecule has 0 fully saturated rings. The van der Waals surface area contributed by atoms with Crippen LogP contribution in [0, 0.1) is 0 Å². The molecule has 0 radical (unpaired) electrons. The quantitative estimate of drug-likeness (QED) is 0.0629. The minimum absolute atomic E-state index is 0.0186. The predicted molar refractivity (Wildman–Crippen MR) is 179 cm³/mol. The number of hydrogen-bond acceptors (Lipinski definition) is 18. The van der Waals surface area contributed by atoms with Crippen LogP contribution in [0.3, 0.4) is 0 Å². The monoisotopic (exact) mass is 762 g/mol. The molecule has 2 aromatic carbocycles. The molecule has 0 aromatic heterocycles. The highest BCUT2D eigenvalue weighted by Crippen LogP contribution is 2.39.